The van der Waals surface area contributed by atoms with Crippen molar-refractivity contribution < 1.29 is 33.8 Å². The van der Waals surface area contributed by atoms with E-state index in [1.807, 2.05) is 0 Å². The Kier molecular flexibility index (Phi) is 10.3. The number of carboxylic acid groups (broad SMARTS) is 1. The van der Waals surface area contributed by atoms with E-state index in [1.54, 1.807) is 27.0 Å². The van der Waals surface area contributed by atoms with Crippen LogP contribution in [0.15, 0.2) is 15.6 Å². The van der Waals surface area contributed by atoms with E-state index in [2.05, 4.69) is 26.1 Å². The van der Waals surface area contributed by atoms with E-state index >= 15 is 0 Å². The minimum absolute atomic E-state index is 0.0592. The molecule has 0 spiro atoms. The fourth-order valence-electron chi connectivity index (χ4n) is 3.36. The summed E-state index contributed by atoms with van der Waals surface area (Å²) in [7, 11) is 0. The van der Waals surface area contributed by atoms with Gasteiger partial charge in [0.2, 0.25) is 11.8 Å². The Morgan fingerprint density at radius 3 is 2.58 bits per heavy atom. The first kappa shape index (κ1) is 30.0. The molecule has 17 heteroatoms. The Hall–Kier alpha value is -2.50. The lowest BCUT2D eigenvalue weighted by Gasteiger charge is -2.49. The average molecular weight is 605 g/mol. The molecule has 2 atom stereocenters. The number of fused-ring (bicyclic) bond motifs is 1. The summed E-state index contributed by atoms with van der Waals surface area (Å²) in [5.41, 5.74) is -0.154. The average Bonchev–Trinajstić information content (AvgIpc) is 3.29. The van der Waals surface area contributed by atoms with Crippen molar-refractivity contribution >= 4 is 76.4 Å². The molecule has 0 aliphatic carbocycles. The van der Waals surface area contributed by atoms with Crippen LogP contribution in [-0.2, 0) is 30.5 Å². The highest BCUT2D eigenvalue weighted by atomic mass is 32.2. The molecule has 0 radical (unpaired) electrons. The lowest BCUT2D eigenvalue weighted by Crippen LogP contribution is -2.70. The largest absolute Gasteiger partial charge is 0.477 e. The van der Waals surface area contributed by atoms with Crippen LogP contribution in [0.4, 0.5) is 4.79 Å². The van der Waals surface area contributed by atoms with Gasteiger partial charge in [-0.15, -0.1) is 22.0 Å². The number of nitrogens with one attached hydrogen (secondary N) is 3. The molecule has 0 saturated carbocycles. The summed E-state index contributed by atoms with van der Waals surface area (Å²) in [6.45, 7) is 5.01. The van der Waals surface area contributed by atoms with Gasteiger partial charge in [0, 0.05) is 11.5 Å². The molecule has 3 rings (SSSR count). The predicted octanol–water partition coefficient (Wildman–Crippen LogP) is 0.873. The summed E-state index contributed by atoms with van der Waals surface area (Å²) in [6.07, 6.45) is 1.09. The standard InChI is InChI=1S/C21H28N6O7S4/c1-21(2,3)34-19(33)23-5-11(28)22-6-13-25-26-20(38-13)37-8-10-7-36-17-14(24-12(29)9-35-4)16(30)27(17)15(10)18(31)32/h14,17H,5-9H2,1-4H3,(H,22,28)(H,23,33)(H,24,29)(H,31,32)/t14?,17-/m0/s1. The maximum absolute atomic E-state index is 12.6. The molecule has 0 bridgehead atoms. The van der Waals surface area contributed by atoms with Crippen LogP contribution in [0, 0.1) is 0 Å². The third-order valence-corrected chi connectivity index (χ3v) is 8.92. The second kappa shape index (κ2) is 13.0. The molecule has 1 saturated heterocycles. The van der Waals surface area contributed by atoms with Gasteiger partial charge in [0.25, 0.3) is 5.91 Å². The molecule has 2 aliphatic heterocycles. The molecule has 3 heterocycles. The zero-order valence-electron chi connectivity index (χ0n) is 21.1. The first-order chi connectivity index (χ1) is 17.9. The van der Waals surface area contributed by atoms with E-state index in [9.17, 15) is 29.1 Å². The third-order valence-electron chi connectivity index (χ3n) is 4.89. The van der Waals surface area contributed by atoms with Crippen LogP contribution in [0.1, 0.15) is 25.8 Å². The Balaban J connectivity index is 1.51. The topological polar surface area (TPSA) is 180 Å². The number of carbonyl (C=O) groups is 5. The van der Waals surface area contributed by atoms with Gasteiger partial charge in [0.05, 0.1) is 12.3 Å². The molecule has 4 N–H and O–H groups in total. The fourth-order valence-corrected chi connectivity index (χ4v) is 7.03. The molecule has 38 heavy (non-hydrogen) atoms. The first-order valence-electron chi connectivity index (χ1n) is 11.3. The summed E-state index contributed by atoms with van der Waals surface area (Å²) in [6, 6.07) is -0.733. The van der Waals surface area contributed by atoms with Gasteiger partial charge in [-0.3, -0.25) is 19.3 Å². The number of ether oxygens (including phenoxy) is 1. The summed E-state index contributed by atoms with van der Waals surface area (Å²) < 4.78 is 5.64. The van der Waals surface area contributed by atoms with Crippen LogP contribution in [0.3, 0.4) is 0 Å². The predicted molar refractivity (Wildman–Crippen MR) is 145 cm³/mol. The van der Waals surface area contributed by atoms with Crippen molar-refractivity contribution in [2.24, 2.45) is 0 Å². The number of thioether (sulfide) groups is 3. The first-order valence-corrected chi connectivity index (χ1v) is 15.5. The van der Waals surface area contributed by atoms with Crippen molar-refractivity contribution in [2.75, 3.05) is 30.1 Å². The van der Waals surface area contributed by atoms with Crippen molar-refractivity contribution in [3.05, 3.63) is 16.3 Å². The third kappa shape index (κ3) is 8.00. The molecule has 208 valence electrons. The number of hydrogen-bond donors (Lipinski definition) is 4. The molecule has 13 nitrogen and oxygen atoms in total. The van der Waals surface area contributed by atoms with E-state index in [1.165, 1.54) is 51.5 Å². The number of aromatic nitrogens is 2. The highest BCUT2D eigenvalue weighted by Crippen LogP contribution is 2.41. The molecule has 1 fully saturated rings. The lowest BCUT2D eigenvalue weighted by atomic mass is 10.0. The summed E-state index contributed by atoms with van der Waals surface area (Å²) in [5, 5.41) is 25.7. The van der Waals surface area contributed by atoms with Crippen LogP contribution < -0.4 is 16.0 Å². The second-order valence-electron chi connectivity index (χ2n) is 9.03. The highest BCUT2D eigenvalue weighted by Gasteiger charge is 2.54. The van der Waals surface area contributed by atoms with Gasteiger partial charge in [-0.05, 0) is 32.6 Å². The van der Waals surface area contributed by atoms with Crippen LogP contribution >= 0.6 is 46.6 Å². The number of aliphatic carboxylic acids is 1. The van der Waals surface area contributed by atoms with Gasteiger partial charge in [-0.2, -0.15) is 11.8 Å². The van der Waals surface area contributed by atoms with E-state index in [4.69, 9.17) is 4.74 Å². The van der Waals surface area contributed by atoms with Crippen molar-refractivity contribution in [2.45, 2.75) is 48.7 Å². The molecule has 2 aliphatic rings. The normalized spacial score (nSPS) is 18.8. The zero-order chi connectivity index (χ0) is 28.0. The van der Waals surface area contributed by atoms with Crippen LogP contribution in [0.5, 0.6) is 0 Å². The van der Waals surface area contributed by atoms with Crippen molar-refractivity contribution in [3.8, 4) is 0 Å². The molecule has 0 aromatic carbocycles. The smallest absolute Gasteiger partial charge is 0.408 e. The summed E-state index contributed by atoms with van der Waals surface area (Å²) in [4.78, 5) is 61.4. The monoisotopic (exact) mass is 604 g/mol. The summed E-state index contributed by atoms with van der Waals surface area (Å²) in [5.74, 6) is -1.42. The van der Waals surface area contributed by atoms with Crippen LogP contribution in [0.25, 0.3) is 0 Å². The number of rotatable bonds is 11. The van der Waals surface area contributed by atoms with Crippen molar-refractivity contribution in [1.82, 2.24) is 31.0 Å². The van der Waals surface area contributed by atoms with Gasteiger partial charge in [-0.25, -0.2) is 9.59 Å². The fraction of sp³-hybridized carbons (Fsp3) is 0.571. The number of alkyl carbamates (subject to hydrolysis) is 1. The van der Waals surface area contributed by atoms with E-state index in [0.29, 0.717) is 20.7 Å². The molecular formula is C21H28N6O7S4. The molecule has 4 amide bonds. The molecule has 1 aromatic rings. The number of carbonyl (C=O) groups excluding carboxylic acids is 4. The Morgan fingerprint density at radius 1 is 1.18 bits per heavy atom. The number of amides is 4. The highest BCUT2D eigenvalue weighted by molar-refractivity contribution is 8.01. The van der Waals surface area contributed by atoms with Crippen molar-refractivity contribution in [1.29, 1.82) is 0 Å². The van der Waals surface area contributed by atoms with Gasteiger partial charge in [0.15, 0.2) is 4.34 Å². The van der Waals surface area contributed by atoms with Gasteiger partial charge in [0.1, 0.15) is 34.3 Å². The Bertz CT molecular complexity index is 1140. The van der Waals surface area contributed by atoms with E-state index in [0.717, 1.165) is 0 Å². The number of carboxylic acids is 1. The number of hydrogen-bond acceptors (Lipinski definition) is 12. The van der Waals surface area contributed by atoms with E-state index in [-0.39, 0.29) is 36.2 Å². The number of nitrogens with zero attached hydrogens (tertiary/aromatic N) is 3. The quantitative estimate of drug-likeness (QED) is 0.207. The molecule has 1 unspecified atom stereocenters. The molecular weight excluding hydrogens is 577 g/mol. The van der Waals surface area contributed by atoms with Gasteiger partial charge >= 0.3 is 12.1 Å². The second-order valence-corrected chi connectivity index (χ2v) is 13.3. The maximum atomic E-state index is 12.6. The minimum Gasteiger partial charge on any atom is -0.477 e. The van der Waals surface area contributed by atoms with E-state index < -0.39 is 40.9 Å². The van der Waals surface area contributed by atoms with Crippen LogP contribution in [-0.4, -0.2) is 97.1 Å². The van der Waals surface area contributed by atoms with Crippen molar-refractivity contribution in [3.63, 3.8) is 0 Å². The zero-order valence-corrected chi connectivity index (χ0v) is 24.3. The van der Waals surface area contributed by atoms with Gasteiger partial charge < -0.3 is 25.8 Å². The number of β-lactam (4-membered cyclic amide) rings is 1. The maximum Gasteiger partial charge on any atom is 0.408 e. The van der Waals surface area contributed by atoms with Crippen LogP contribution in [0.2, 0.25) is 0 Å². The minimum atomic E-state index is -1.20. The lowest BCUT2D eigenvalue weighted by molar-refractivity contribution is -0.150. The Labute approximate surface area is 235 Å². The van der Waals surface area contributed by atoms with Gasteiger partial charge in [-0.1, -0.05) is 23.1 Å². The molecule has 1 aromatic heterocycles. The SMILES string of the molecule is CSCC(=O)NC1C(=O)N2C(C(=O)O)=C(CSc3nnc(CNC(=O)CNC(=O)OC(C)(C)C)s3)CS[C@@H]12. The summed E-state index contributed by atoms with van der Waals surface area (Å²) >= 11 is 5.27. The Morgan fingerprint density at radius 2 is 1.92 bits per heavy atom.